The fourth-order valence-electron chi connectivity index (χ4n) is 3.44. The van der Waals surface area contributed by atoms with E-state index in [1.807, 2.05) is 25.2 Å². The van der Waals surface area contributed by atoms with Gasteiger partial charge in [-0.25, -0.2) is 0 Å². The molecule has 0 atom stereocenters. The summed E-state index contributed by atoms with van der Waals surface area (Å²) >= 11 is 0. The fraction of sp³-hybridized carbons (Fsp3) is 0.562. The standard InChI is InChI=1S/C16H21NO3/c1-17-9-10-20-14-11-12(5-6-13(14)17)16(15(18)19)7-3-2-4-8-16/h5-6,11H,2-4,7-10H2,1H3,(H,18,19). The van der Waals surface area contributed by atoms with Crippen molar-refractivity contribution in [1.82, 2.24) is 0 Å². The number of hydrogen-bond donors (Lipinski definition) is 1. The Morgan fingerprint density at radius 3 is 2.75 bits per heavy atom. The number of benzene rings is 1. The number of likely N-dealkylation sites (N-methyl/N-ethyl adjacent to an activating group) is 1. The average Bonchev–Trinajstić information content (AvgIpc) is 2.47. The lowest BCUT2D eigenvalue weighted by molar-refractivity contribution is -0.145. The summed E-state index contributed by atoms with van der Waals surface area (Å²) in [5.74, 6) is 0.128. The first-order valence-electron chi connectivity index (χ1n) is 7.35. The number of nitrogens with zero attached hydrogens (tertiary/aromatic N) is 1. The molecule has 0 bridgehead atoms. The summed E-state index contributed by atoms with van der Waals surface area (Å²) in [6.45, 7) is 1.53. The number of carboxylic acid groups (broad SMARTS) is 1. The number of ether oxygens (including phenoxy) is 1. The Kier molecular flexibility index (Phi) is 3.32. The summed E-state index contributed by atoms with van der Waals surface area (Å²) in [7, 11) is 2.04. The monoisotopic (exact) mass is 275 g/mol. The zero-order chi connectivity index (χ0) is 14.2. The molecule has 1 aliphatic heterocycles. The Bertz CT molecular complexity index is 520. The lowest BCUT2D eigenvalue weighted by Gasteiger charge is -2.35. The average molecular weight is 275 g/mol. The molecule has 0 saturated heterocycles. The van der Waals surface area contributed by atoms with Gasteiger partial charge in [0, 0.05) is 7.05 Å². The largest absolute Gasteiger partial charge is 0.490 e. The van der Waals surface area contributed by atoms with E-state index in [0.29, 0.717) is 6.61 Å². The van der Waals surface area contributed by atoms with E-state index in [4.69, 9.17) is 4.74 Å². The molecule has 0 spiro atoms. The van der Waals surface area contributed by atoms with Gasteiger partial charge in [-0.05, 0) is 30.5 Å². The second-order valence-electron chi connectivity index (χ2n) is 5.90. The van der Waals surface area contributed by atoms with Gasteiger partial charge >= 0.3 is 5.97 Å². The zero-order valence-electron chi connectivity index (χ0n) is 11.9. The Hall–Kier alpha value is -1.71. The van der Waals surface area contributed by atoms with Crippen LogP contribution < -0.4 is 9.64 Å². The van der Waals surface area contributed by atoms with Crippen molar-refractivity contribution in [2.75, 3.05) is 25.1 Å². The zero-order valence-corrected chi connectivity index (χ0v) is 11.9. The van der Waals surface area contributed by atoms with Crippen molar-refractivity contribution < 1.29 is 14.6 Å². The lowest BCUT2D eigenvalue weighted by Crippen LogP contribution is -2.38. The first-order valence-corrected chi connectivity index (χ1v) is 7.35. The summed E-state index contributed by atoms with van der Waals surface area (Å²) in [6, 6.07) is 5.93. The van der Waals surface area contributed by atoms with E-state index in [2.05, 4.69) is 4.90 Å². The Morgan fingerprint density at radius 2 is 2.05 bits per heavy atom. The number of fused-ring (bicyclic) bond motifs is 1. The highest BCUT2D eigenvalue weighted by Gasteiger charge is 2.41. The highest BCUT2D eigenvalue weighted by atomic mass is 16.5. The molecule has 1 N–H and O–H groups in total. The number of hydrogen-bond acceptors (Lipinski definition) is 3. The summed E-state index contributed by atoms with van der Waals surface area (Å²) in [6.07, 6.45) is 4.58. The van der Waals surface area contributed by atoms with E-state index >= 15 is 0 Å². The molecule has 0 radical (unpaired) electrons. The van der Waals surface area contributed by atoms with Crippen molar-refractivity contribution in [1.29, 1.82) is 0 Å². The molecule has 4 heteroatoms. The molecular formula is C16H21NO3. The van der Waals surface area contributed by atoms with Gasteiger partial charge in [0.05, 0.1) is 17.6 Å². The maximum absolute atomic E-state index is 11.9. The van der Waals surface area contributed by atoms with Crippen LogP contribution in [0.2, 0.25) is 0 Å². The van der Waals surface area contributed by atoms with Gasteiger partial charge in [0.15, 0.2) is 0 Å². The van der Waals surface area contributed by atoms with E-state index in [1.165, 1.54) is 0 Å². The van der Waals surface area contributed by atoms with Crippen LogP contribution in [0.25, 0.3) is 0 Å². The molecule has 1 saturated carbocycles. The van der Waals surface area contributed by atoms with Gasteiger partial charge in [0.2, 0.25) is 0 Å². The third-order valence-corrected chi connectivity index (χ3v) is 4.72. The summed E-state index contributed by atoms with van der Waals surface area (Å²) in [5, 5.41) is 9.75. The normalized spacial score (nSPS) is 20.9. The van der Waals surface area contributed by atoms with Gasteiger partial charge in [-0.2, -0.15) is 0 Å². The maximum Gasteiger partial charge on any atom is 0.314 e. The summed E-state index contributed by atoms with van der Waals surface area (Å²) in [5.41, 5.74) is 1.24. The molecule has 1 aliphatic carbocycles. The van der Waals surface area contributed by atoms with Crippen LogP contribution in [0.15, 0.2) is 18.2 Å². The number of aliphatic carboxylic acids is 1. The Morgan fingerprint density at radius 1 is 1.30 bits per heavy atom. The number of anilines is 1. The van der Waals surface area contributed by atoms with Gasteiger partial charge in [-0.1, -0.05) is 25.3 Å². The molecule has 3 rings (SSSR count). The molecule has 108 valence electrons. The van der Waals surface area contributed by atoms with Crippen molar-refractivity contribution in [3.63, 3.8) is 0 Å². The van der Waals surface area contributed by atoms with E-state index < -0.39 is 11.4 Å². The Labute approximate surface area is 119 Å². The second kappa shape index (κ2) is 5.00. The lowest BCUT2D eigenvalue weighted by atomic mass is 9.69. The Balaban J connectivity index is 2.02. The number of carbonyl (C=O) groups is 1. The first kappa shape index (κ1) is 13.3. The smallest absolute Gasteiger partial charge is 0.314 e. The molecule has 0 amide bonds. The van der Waals surface area contributed by atoms with Gasteiger partial charge in [0.25, 0.3) is 0 Å². The predicted octanol–water partition coefficient (Wildman–Crippen LogP) is 2.80. The summed E-state index contributed by atoms with van der Waals surface area (Å²) in [4.78, 5) is 14.0. The van der Waals surface area contributed by atoms with E-state index in [-0.39, 0.29) is 0 Å². The molecule has 1 aromatic rings. The van der Waals surface area contributed by atoms with E-state index in [9.17, 15) is 9.90 Å². The highest BCUT2D eigenvalue weighted by molar-refractivity contribution is 5.82. The molecule has 1 aromatic carbocycles. The molecule has 1 heterocycles. The van der Waals surface area contributed by atoms with Crippen LogP contribution in [0.5, 0.6) is 5.75 Å². The molecular weight excluding hydrogens is 254 g/mol. The van der Waals surface area contributed by atoms with Crippen molar-refractivity contribution in [3.05, 3.63) is 23.8 Å². The molecule has 1 fully saturated rings. The molecule has 0 aromatic heterocycles. The van der Waals surface area contributed by atoms with Crippen molar-refractivity contribution in [2.24, 2.45) is 0 Å². The minimum atomic E-state index is -0.716. The summed E-state index contributed by atoms with van der Waals surface area (Å²) < 4.78 is 5.72. The van der Waals surface area contributed by atoms with E-state index in [1.54, 1.807) is 0 Å². The molecule has 0 unspecified atom stereocenters. The van der Waals surface area contributed by atoms with Crippen LogP contribution in [-0.4, -0.2) is 31.3 Å². The van der Waals surface area contributed by atoms with Crippen LogP contribution in [0, 0.1) is 0 Å². The maximum atomic E-state index is 11.9. The SMILES string of the molecule is CN1CCOc2cc(C3(C(=O)O)CCCCC3)ccc21. The van der Waals surface area contributed by atoms with Crippen LogP contribution in [0.3, 0.4) is 0 Å². The first-order chi connectivity index (χ1) is 9.63. The second-order valence-corrected chi connectivity index (χ2v) is 5.90. The van der Waals surface area contributed by atoms with Gasteiger partial charge in [-0.3, -0.25) is 4.79 Å². The minimum absolute atomic E-state index is 0.660. The van der Waals surface area contributed by atoms with Gasteiger partial charge in [0.1, 0.15) is 12.4 Å². The van der Waals surface area contributed by atoms with Crippen LogP contribution in [0.4, 0.5) is 5.69 Å². The predicted molar refractivity (Wildman–Crippen MR) is 77.6 cm³/mol. The van der Waals surface area contributed by atoms with Crippen LogP contribution >= 0.6 is 0 Å². The van der Waals surface area contributed by atoms with Crippen LogP contribution in [0.1, 0.15) is 37.7 Å². The molecule has 4 nitrogen and oxygen atoms in total. The topological polar surface area (TPSA) is 49.8 Å². The third-order valence-electron chi connectivity index (χ3n) is 4.72. The number of rotatable bonds is 2. The van der Waals surface area contributed by atoms with E-state index in [0.717, 1.165) is 55.6 Å². The van der Waals surface area contributed by atoms with Crippen molar-refractivity contribution in [2.45, 2.75) is 37.5 Å². The number of carboxylic acids is 1. The van der Waals surface area contributed by atoms with Crippen molar-refractivity contribution >= 4 is 11.7 Å². The van der Waals surface area contributed by atoms with Gasteiger partial charge in [-0.15, -0.1) is 0 Å². The quantitative estimate of drug-likeness (QED) is 0.901. The highest BCUT2D eigenvalue weighted by Crippen LogP contribution is 2.43. The fourth-order valence-corrected chi connectivity index (χ4v) is 3.44. The van der Waals surface area contributed by atoms with Crippen LogP contribution in [-0.2, 0) is 10.2 Å². The molecule has 2 aliphatic rings. The molecule has 20 heavy (non-hydrogen) atoms. The minimum Gasteiger partial charge on any atom is -0.490 e. The van der Waals surface area contributed by atoms with Crippen molar-refractivity contribution in [3.8, 4) is 5.75 Å². The third kappa shape index (κ3) is 2.03. The van der Waals surface area contributed by atoms with Gasteiger partial charge < -0.3 is 14.7 Å².